The summed E-state index contributed by atoms with van der Waals surface area (Å²) in [6, 6.07) is 12.5. The number of aliphatic hydroxyl groups is 1. The summed E-state index contributed by atoms with van der Waals surface area (Å²) in [6.07, 6.45) is 4.67. The molecule has 2 aromatic rings. The number of rotatable bonds is 4. The Hall–Kier alpha value is -2.47. The van der Waals surface area contributed by atoms with Gasteiger partial charge in [0, 0.05) is 56.3 Å². The van der Waals surface area contributed by atoms with Crippen LogP contribution in [0.5, 0.6) is 0 Å². The lowest BCUT2D eigenvalue weighted by Gasteiger charge is -2.43. The van der Waals surface area contributed by atoms with E-state index < -0.39 is 0 Å². The van der Waals surface area contributed by atoms with Crippen LogP contribution in [-0.4, -0.2) is 58.7 Å². The maximum atomic E-state index is 12.3. The molecule has 0 unspecified atom stereocenters. The van der Waals surface area contributed by atoms with Crippen LogP contribution < -0.4 is 4.90 Å². The number of amides is 1. The zero-order chi connectivity index (χ0) is 18.0. The average Bonchev–Trinajstić information content (AvgIpc) is 3.09. The molecule has 1 N–H and O–H groups in total. The van der Waals surface area contributed by atoms with Crippen molar-refractivity contribution in [2.24, 2.45) is 5.92 Å². The maximum Gasteiger partial charge on any atom is 0.225 e. The Kier molecular flexibility index (Phi) is 4.59. The van der Waals surface area contributed by atoms with E-state index in [9.17, 15) is 4.79 Å². The van der Waals surface area contributed by atoms with Crippen LogP contribution in [0.15, 0.2) is 48.8 Å². The molecule has 0 spiro atoms. The first-order valence-electron chi connectivity index (χ1n) is 9.19. The number of benzene rings is 1. The molecule has 1 amide bonds. The number of carbonyl (C=O) groups is 1. The fraction of sp³-hybridized carbons (Fsp3) is 0.450. The lowest BCUT2D eigenvalue weighted by molar-refractivity contribution is -0.134. The topological polar surface area (TPSA) is 69.6 Å². The van der Waals surface area contributed by atoms with Crippen LogP contribution >= 0.6 is 0 Å². The van der Waals surface area contributed by atoms with E-state index in [2.05, 4.69) is 39.1 Å². The molecule has 2 saturated heterocycles. The molecule has 2 fully saturated rings. The van der Waals surface area contributed by atoms with Crippen molar-refractivity contribution in [1.29, 1.82) is 0 Å². The standard InChI is InChI=1S/C20H24N4O2/c25-12-7-18(26)23-11-8-20(16-5-2-1-3-6-16)15-24(14-17(20)13-23)19-21-9-4-10-22-19/h1-6,9-10,17,25H,7-8,11-15H2/t17-,20+/m0/s1. The predicted molar refractivity (Wildman–Crippen MR) is 98.8 cm³/mol. The van der Waals surface area contributed by atoms with Gasteiger partial charge in [0.1, 0.15) is 0 Å². The molecule has 3 heterocycles. The maximum absolute atomic E-state index is 12.3. The van der Waals surface area contributed by atoms with E-state index in [-0.39, 0.29) is 24.3 Å². The van der Waals surface area contributed by atoms with Crippen LogP contribution in [0.25, 0.3) is 0 Å². The van der Waals surface area contributed by atoms with Crippen LogP contribution in [0.3, 0.4) is 0 Å². The van der Waals surface area contributed by atoms with Crippen molar-refractivity contribution in [1.82, 2.24) is 14.9 Å². The number of nitrogens with zero attached hydrogens (tertiary/aromatic N) is 4. The molecular weight excluding hydrogens is 328 g/mol. The van der Waals surface area contributed by atoms with E-state index >= 15 is 0 Å². The van der Waals surface area contributed by atoms with Crippen molar-refractivity contribution < 1.29 is 9.90 Å². The number of fused-ring (bicyclic) bond motifs is 1. The predicted octanol–water partition coefficient (Wildman–Crippen LogP) is 1.47. The van der Waals surface area contributed by atoms with Gasteiger partial charge in [-0.25, -0.2) is 9.97 Å². The highest BCUT2D eigenvalue weighted by Crippen LogP contribution is 2.45. The smallest absolute Gasteiger partial charge is 0.225 e. The van der Waals surface area contributed by atoms with Gasteiger partial charge >= 0.3 is 0 Å². The van der Waals surface area contributed by atoms with Crippen LogP contribution in [0.2, 0.25) is 0 Å². The molecule has 1 aromatic heterocycles. The summed E-state index contributed by atoms with van der Waals surface area (Å²) in [5.74, 6) is 1.12. The van der Waals surface area contributed by atoms with Crippen molar-refractivity contribution in [3.05, 3.63) is 54.4 Å². The SMILES string of the molecule is O=C(CCO)N1CC[C@]2(c3ccccc3)CN(c3ncccn3)C[C@@H]2C1. The Morgan fingerprint density at radius 2 is 1.92 bits per heavy atom. The van der Waals surface area contributed by atoms with Crippen LogP contribution in [0.4, 0.5) is 5.95 Å². The van der Waals surface area contributed by atoms with Crippen LogP contribution in [0.1, 0.15) is 18.4 Å². The highest BCUT2D eigenvalue weighted by Gasteiger charge is 2.51. The Morgan fingerprint density at radius 1 is 1.15 bits per heavy atom. The van der Waals surface area contributed by atoms with Gasteiger partial charge < -0.3 is 14.9 Å². The van der Waals surface area contributed by atoms with Gasteiger partial charge in [0.15, 0.2) is 0 Å². The summed E-state index contributed by atoms with van der Waals surface area (Å²) in [4.78, 5) is 25.3. The lowest BCUT2D eigenvalue weighted by Crippen LogP contribution is -2.51. The number of hydrogen-bond donors (Lipinski definition) is 1. The molecule has 6 heteroatoms. The first-order valence-corrected chi connectivity index (χ1v) is 9.19. The molecule has 2 aliphatic rings. The Bertz CT molecular complexity index is 755. The summed E-state index contributed by atoms with van der Waals surface area (Å²) in [5, 5.41) is 9.10. The number of anilines is 1. The third kappa shape index (κ3) is 2.94. The van der Waals surface area contributed by atoms with Gasteiger partial charge in [0.25, 0.3) is 0 Å². The first kappa shape index (κ1) is 17.0. The fourth-order valence-corrected chi connectivity index (χ4v) is 4.51. The Labute approximate surface area is 153 Å². The van der Waals surface area contributed by atoms with Crippen molar-refractivity contribution in [3.8, 4) is 0 Å². The molecule has 26 heavy (non-hydrogen) atoms. The second-order valence-electron chi connectivity index (χ2n) is 7.21. The van der Waals surface area contributed by atoms with Crippen LogP contribution in [0, 0.1) is 5.92 Å². The minimum absolute atomic E-state index is 0.0104. The summed E-state index contributed by atoms with van der Waals surface area (Å²) in [7, 11) is 0. The highest BCUT2D eigenvalue weighted by atomic mass is 16.3. The number of likely N-dealkylation sites (tertiary alicyclic amines) is 1. The van der Waals surface area contributed by atoms with Crippen molar-refractivity contribution in [2.45, 2.75) is 18.3 Å². The van der Waals surface area contributed by atoms with Gasteiger partial charge in [-0.1, -0.05) is 30.3 Å². The van der Waals surface area contributed by atoms with Gasteiger partial charge in [-0.3, -0.25) is 4.79 Å². The van der Waals surface area contributed by atoms with Crippen molar-refractivity contribution in [2.75, 3.05) is 37.7 Å². The number of hydrogen-bond acceptors (Lipinski definition) is 5. The molecule has 6 nitrogen and oxygen atoms in total. The average molecular weight is 352 g/mol. The molecule has 2 atom stereocenters. The second kappa shape index (κ2) is 7.03. The normalized spacial score (nSPS) is 25.2. The van der Waals surface area contributed by atoms with E-state index in [1.807, 2.05) is 17.0 Å². The molecular formula is C20H24N4O2. The molecule has 2 aliphatic heterocycles. The zero-order valence-corrected chi connectivity index (χ0v) is 14.8. The minimum atomic E-state index is -0.0895. The molecule has 0 aliphatic carbocycles. The van der Waals surface area contributed by atoms with Gasteiger partial charge in [0.05, 0.1) is 6.61 Å². The second-order valence-corrected chi connectivity index (χ2v) is 7.21. The minimum Gasteiger partial charge on any atom is -0.396 e. The number of aromatic nitrogens is 2. The van der Waals surface area contributed by atoms with Gasteiger partial charge in [-0.05, 0) is 18.1 Å². The van der Waals surface area contributed by atoms with Gasteiger partial charge in [-0.2, -0.15) is 0 Å². The van der Waals surface area contributed by atoms with Crippen LogP contribution in [-0.2, 0) is 10.2 Å². The monoisotopic (exact) mass is 352 g/mol. The third-order valence-electron chi connectivity index (χ3n) is 5.83. The van der Waals surface area contributed by atoms with E-state index in [1.54, 1.807) is 12.4 Å². The van der Waals surface area contributed by atoms with Gasteiger partial charge in [0.2, 0.25) is 11.9 Å². The summed E-state index contributed by atoms with van der Waals surface area (Å²) in [6.45, 7) is 3.06. The molecule has 136 valence electrons. The summed E-state index contributed by atoms with van der Waals surface area (Å²) in [5.41, 5.74) is 1.34. The number of piperidine rings is 1. The molecule has 0 bridgehead atoms. The lowest BCUT2D eigenvalue weighted by atomic mass is 9.68. The Morgan fingerprint density at radius 3 is 2.65 bits per heavy atom. The highest BCUT2D eigenvalue weighted by molar-refractivity contribution is 5.76. The zero-order valence-electron chi connectivity index (χ0n) is 14.8. The molecule has 1 aromatic carbocycles. The van der Waals surface area contributed by atoms with Crippen molar-refractivity contribution in [3.63, 3.8) is 0 Å². The van der Waals surface area contributed by atoms with E-state index in [0.717, 1.165) is 38.5 Å². The summed E-state index contributed by atoms with van der Waals surface area (Å²) < 4.78 is 0. The Balaban J connectivity index is 1.64. The molecule has 4 rings (SSSR count). The first-order chi connectivity index (χ1) is 12.7. The summed E-state index contributed by atoms with van der Waals surface area (Å²) >= 11 is 0. The molecule has 0 saturated carbocycles. The third-order valence-corrected chi connectivity index (χ3v) is 5.83. The van der Waals surface area contributed by atoms with Crippen molar-refractivity contribution >= 4 is 11.9 Å². The quantitative estimate of drug-likeness (QED) is 0.902. The fourth-order valence-electron chi connectivity index (χ4n) is 4.51. The molecule has 0 radical (unpaired) electrons. The number of aliphatic hydroxyl groups excluding tert-OH is 1. The van der Waals surface area contributed by atoms with E-state index in [0.29, 0.717) is 5.92 Å². The van der Waals surface area contributed by atoms with Gasteiger partial charge in [-0.15, -0.1) is 0 Å². The van der Waals surface area contributed by atoms with E-state index in [4.69, 9.17) is 5.11 Å². The number of carbonyl (C=O) groups excluding carboxylic acids is 1. The van der Waals surface area contributed by atoms with E-state index in [1.165, 1.54) is 5.56 Å². The largest absolute Gasteiger partial charge is 0.396 e.